The molecule has 0 saturated heterocycles. The number of para-hydroxylation sites is 2. The molecule has 1 atom stereocenters. The van der Waals surface area contributed by atoms with Crippen molar-refractivity contribution in [3.8, 4) is 11.5 Å². The van der Waals surface area contributed by atoms with Gasteiger partial charge in [-0.1, -0.05) is 12.1 Å². The smallest absolute Gasteiger partial charge is 0.272 e. The molecule has 0 aliphatic carbocycles. The lowest BCUT2D eigenvalue weighted by Crippen LogP contribution is -2.43. The highest BCUT2D eigenvalue weighted by molar-refractivity contribution is 5.92. The van der Waals surface area contributed by atoms with Crippen LogP contribution in [0.25, 0.3) is 0 Å². The summed E-state index contributed by atoms with van der Waals surface area (Å²) in [4.78, 5) is 18.3. The molecule has 7 heteroatoms. The van der Waals surface area contributed by atoms with Crippen molar-refractivity contribution in [2.45, 2.75) is 13.0 Å². The number of pyridine rings is 1. The maximum absolute atomic E-state index is 12.5. The standard InChI is InChI=1S/C17H19N3O3.ClH/c1-2-20(17(21)14-8-7-12(18)9-19-14)10-13-11-22-15-5-3-4-6-16(15)23-13;/h3-9,13H,2,10-11,18H2,1H3;1H. The third kappa shape index (κ3) is 3.89. The van der Waals surface area contributed by atoms with Gasteiger partial charge in [-0.15, -0.1) is 12.4 Å². The first kappa shape index (κ1) is 17.9. The first-order valence-corrected chi connectivity index (χ1v) is 7.56. The number of likely N-dealkylation sites (N-methyl/N-ethyl adjacent to an activating group) is 1. The van der Waals surface area contributed by atoms with E-state index < -0.39 is 0 Å². The Balaban J connectivity index is 0.00000208. The third-order valence-corrected chi connectivity index (χ3v) is 3.67. The molecule has 1 unspecified atom stereocenters. The van der Waals surface area contributed by atoms with Crippen molar-refractivity contribution in [3.05, 3.63) is 48.3 Å². The van der Waals surface area contributed by atoms with Gasteiger partial charge in [-0.3, -0.25) is 4.79 Å². The number of carbonyl (C=O) groups is 1. The highest BCUT2D eigenvalue weighted by atomic mass is 35.5. The molecule has 1 aromatic heterocycles. The molecule has 3 rings (SSSR count). The van der Waals surface area contributed by atoms with E-state index in [4.69, 9.17) is 15.2 Å². The molecule has 128 valence electrons. The third-order valence-electron chi connectivity index (χ3n) is 3.67. The molecule has 24 heavy (non-hydrogen) atoms. The number of nitrogen functional groups attached to an aromatic ring is 1. The van der Waals surface area contributed by atoms with Crippen LogP contribution in [-0.2, 0) is 0 Å². The van der Waals surface area contributed by atoms with E-state index in [2.05, 4.69) is 4.98 Å². The molecule has 0 radical (unpaired) electrons. The summed E-state index contributed by atoms with van der Waals surface area (Å²) < 4.78 is 11.6. The molecule has 2 heterocycles. The molecule has 2 N–H and O–H groups in total. The van der Waals surface area contributed by atoms with E-state index in [1.807, 2.05) is 31.2 Å². The van der Waals surface area contributed by atoms with Gasteiger partial charge in [0.05, 0.1) is 18.4 Å². The van der Waals surface area contributed by atoms with Crippen LogP contribution in [-0.4, -0.2) is 41.6 Å². The molecule has 0 bridgehead atoms. The van der Waals surface area contributed by atoms with Gasteiger partial charge >= 0.3 is 0 Å². The largest absolute Gasteiger partial charge is 0.486 e. The van der Waals surface area contributed by atoms with E-state index in [1.54, 1.807) is 17.0 Å². The average Bonchev–Trinajstić information content (AvgIpc) is 2.59. The normalized spacial score (nSPS) is 15.3. The summed E-state index contributed by atoms with van der Waals surface area (Å²) in [5.74, 6) is 1.30. The number of anilines is 1. The van der Waals surface area contributed by atoms with E-state index >= 15 is 0 Å². The van der Waals surface area contributed by atoms with E-state index in [9.17, 15) is 4.79 Å². The molecule has 0 spiro atoms. The summed E-state index contributed by atoms with van der Waals surface area (Å²) in [5.41, 5.74) is 6.51. The monoisotopic (exact) mass is 349 g/mol. The topological polar surface area (TPSA) is 77.7 Å². The van der Waals surface area contributed by atoms with Gasteiger partial charge in [-0.25, -0.2) is 4.98 Å². The fourth-order valence-corrected chi connectivity index (χ4v) is 2.45. The number of hydrogen-bond donors (Lipinski definition) is 1. The van der Waals surface area contributed by atoms with Gasteiger partial charge in [-0.05, 0) is 31.2 Å². The van der Waals surface area contributed by atoms with Crippen LogP contribution in [0.3, 0.4) is 0 Å². The number of halogens is 1. The van der Waals surface area contributed by atoms with Gasteiger partial charge in [0, 0.05) is 6.54 Å². The number of nitrogens with two attached hydrogens (primary N) is 1. The van der Waals surface area contributed by atoms with Gasteiger partial charge in [0.2, 0.25) is 0 Å². The molecule has 0 saturated carbocycles. The Kier molecular flexibility index (Phi) is 5.87. The second-order valence-electron chi connectivity index (χ2n) is 5.32. The molecule has 0 fully saturated rings. The SMILES string of the molecule is CCN(CC1COc2ccccc2O1)C(=O)c1ccc(N)cn1.Cl. The molecule has 6 nitrogen and oxygen atoms in total. The first-order chi connectivity index (χ1) is 11.2. The Hall–Kier alpha value is -2.47. The molecular weight excluding hydrogens is 330 g/mol. The summed E-state index contributed by atoms with van der Waals surface area (Å²) >= 11 is 0. The van der Waals surface area contributed by atoms with Gasteiger partial charge in [-0.2, -0.15) is 0 Å². The molecule has 2 aromatic rings. The summed E-state index contributed by atoms with van der Waals surface area (Å²) in [6.45, 7) is 3.34. The van der Waals surface area contributed by atoms with Crippen molar-refractivity contribution in [1.82, 2.24) is 9.88 Å². The van der Waals surface area contributed by atoms with Crippen molar-refractivity contribution < 1.29 is 14.3 Å². The minimum absolute atomic E-state index is 0. The molecule has 1 aliphatic rings. The van der Waals surface area contributed by atoms with Gasteiger partial charge < -0.3 is 20.1 Å². The summed E-state index contributed by atoms with van der Waals surface area (Å²) in [5, 5.41) is 0. The Morgan fingerprint density at radius 2 is 2.04 bits per heavy atom. The maximum Gasteiger partial charge on any atom is 0.272 e. The summed E-state index contributed by atoms with van der Waals surface area (Å²) in [7, 11) is 0. The lowest BCUT2D eigenvalue weighted by molar-refractivity contribution is 0.0471. The number of benzene rings is 1. The number of amides is 1. The summed E-state index contributed by atoms with van der Waals surface area (Å²) in [6.07, 6.45) is 1.28. The van der Waals surface area contributed by atoms with Gasteiger partial charge in [0.1, 0.15) is 12.3 Å². The number of fused-ring (bicyclic) bond motifs is 1. The van der Waals surface area contributed by atoms with Crippen molar-refractivity contribution in [1.29, 1.82) is 0 Å². The van der Waals surface area contributed by atoms with Crippen LogP contribution in [0.2, 0.25) is 0 Å². The van der Waals surface area contributed by atoms with Crippen molar-refractivity contribution >= 4 is 24.0 Å². The Bertz CT molecular complexity index is 694. The number of rotatable bonds is 4. The molecule has 1 aromatic carbocycles. The van der Waals surface area contributed by atoms with Crippen molar-refractivity contribution in [3.63, 3.8) is 0 Å². The zero-order valence-corrected chi connectivity index (χ0v) is 14.2. The Morgan fingerprint density at radius 1 is 1.29 bits per heavy atom. The fraction of sp³-hybridized carbons (Fsp3) is 0.294. The predicted octanol–water partition coefficient (Wildman–Crippen LogP) is 2.39. The van der Waals surface area contributed by atoms with E-state index in [0.717, 1.165) is 5.75 Å². The number of carbonyl (C=O) groups excluding carboxylic acids is 1. The van der Waals surface area contributed by atoms with Crippen LogP contribution in [0.4, 0.5) is 5.69 Å². The van der Waals surface area contributed by atoms with Crippen molar-refractivity contribution in [2.24, 2.45) is 0 Å². The van der Waals surface area contributed by atoms with Gasteiger partial charge in [0.25, 0.3) is 5.91 Å². The van der Waals surface area contributed by atoms with Crippen LogP contribution in [0.5, 0.6) is 11.5 Å². The fourth-order valence-electron chi connectivity index (χ4n) is 2.45. The molecular formula is C17H20ClN3O3. The number of ether oxygens (including phenoxy) is 2. The van der Waals surface area contributed by atoms with E-state index in [0.29, 0.717) is 36.8 Å². The predicted molar refractivity (Wildman–Crippen MR) is 93.8 cm³/mol. The Morgan fingerprint density at radius 3 is 2.71 bits per heavy atom. The van der Waals surface area contributed by atoms with E-state index in [-0.39, 0.29) is 24.4 Å². The van der Waals surface area contributed by atoms with Crippen LogP contribution in [0, 0.1) is 0 Å². The minimum atomic E-state index is -0.206. The van der Waals surface area contributed by atoms with Crippen LogP contribution in [0.1, 0.15) is 17.4 Å². The van der Waals surface area contributed by atoms with Crippen molar-refractivity contribution in [2.75, 3.05) is 25.4 Å². The lowest BCUT2D eigenvalue weighted by atomic mass is 10.2. The maximum atomic E-state index is 12.5. The average molecular weight is 350 g/mol. The lowest BCUT2D eigenvalue weighted by Gasteiger charge is -2.30. The molecule has 1 amide bonds. The highest BCUT2D eigenvalue weighted by Crippen LogP contribution is 2.31. The van der Waals surface area contributed by atoms with Gasteiger partial charge in [0.15, 0.2) is 17.6 Å². The zero-order valence-electron chi connectivity index (χ0n) is 13.3. The number of hydrogen-bond acceptors (Lipinski definition) is 5. The second-order valence-corrected chi connectivity index (χ2v) is 5.32. The quantitative estimate of drug-likeness (QED) is 0.917. The van der Waals surface area contributed by atoms with E-state index in [1.165, 1.54) is 6.20 Å². The van der Waals surface area contributed by atoms with Crippen LogP contribution >= 0.6 is 12.4 Å². The van der Waals surface area contributed by atoms with Crippen LogP contribution in [0.15, 0.2) is 42.6 Å². The Labute approximate surface area is 147 Å². The van der Waals surface area contributed by atoms with Crippen LogP contribution < -0.4 is 15.2 Å². The summed E-state index contributed by atoms with van der Waals surface area (Å²) in [6, 6.07) is 10.8. The zero-order chi connectivity index (χ0) is 16.2. The highest BCUT2D eigenvalue weighted by Gasteiger charge is 2.25. The number of nitrogens with zero attached hydrogens (tertiary/aromatic N) is 2. The second kappa shape index (κ2) is 7.88. The first-order valence-electron chi connectivity index (χ1n) is 7.56. The molecule has 1 aliphatic heterocycles. The minimum Gasteiger partial charge on any atom is -0.486 e. The number of aromatic nitrogens is 1.